The van der Waals surface area contributed by atoms with Gasteiger partial charge in [0.05, 0.1) is 11.1 Å². The highest BCUT2D eigenvalue weighted by molar-refractivity contribution is 8.00. The van der Waals surface area contributed by atoms with E-state index in [0.717, 1.165) is 20.9 Å². The fourth-order valence-corrected chi connectivity index (χ4v) is 6.19. The van der Waals surface area contributed by atoms with E-state index in [1.54, 1.807) is 24.3 Å². The van der Waals surface area contributed by atoms with Gasteiger partial charge < -0.3 is 18.9 Å². The summed E-state index contributed by atoms with van der Waals surface area (Å²) in [6.07, 6.45) is -3.66. The minimum atomic E-state index is -1.32. The van der Waals surface area contributed by atoms with Crippen molar-refractivity contribution < 1.29 is 42.9 Å². The van der Waals surface area contributed by atoms with Gasteiger partial charge in [-0.2, -0.15) is 0 Å². The summed E-state index contributed by atoms with van der Waals surface area (Å²) < 4.78 is 22.8. The molecule has 0 saturated carbocycles. The molecule has 5 atom stereocenters. The monoisotopic (exact) mass is 555 g/mol. The standard InChI is InChI=1S/C28H29NO9S/c1-14-9-8-10-15(2)25(14)39-28-22(29-26(33)19-11-6-7-12-20(19)27(29)34)24(37-18(5)32)23(36-17(4)31)21(38-28)13-35-16(3)30/h6-12,21-24,28H,13H2,1-5H3/t21-,22-,23-,24-,28+/m1/s1. The molecule has 2 aromatic rings. The Morgan fingerprint density at radius 3 is 1.87 bits per heavy atom. The normalized spacial score (nSPS) is 24.2. The van der Waals surface area contributed by atoms with E-state index in [1.165, 1.54) is 32.5 Å². The third kappa shape index (κ3) is 5.84. The number of rotatable bonds is 7. The van der Waals surface area contributed by atoms with Crippen molar-refractivity contribution in [1.82, 2.24) is 4.90 Å². The minimum absolute atomic E-state index is 0.200. The minimum Gasteiger partial charge on any atom is -0.463 e. The van der Waals surface area contributed by atoms with Gasteiger partial charge in [-0.3, -0.25) is 28.9 Å². The zero-order valence-corrected chi connectivity index (χ0v) is 23.0. The number of imide groups is 1. The fourth-order valence-electron chi connectivity index (χ4n) is 4.83. The predicted octanol–water partition coefficient (Wildman–Crippen LogP) is 3.21. The van der Waals surface area contributed by atoms with Crippen LogP contribution in [0.1, 0.15) is 52.6 Å². The maximum atomic E-state index is 13.6. The SMILES string of the molecule is CC(=O)OC[C@H]1O[C@@H](Sc2c(C)cccc2C)[C@H](N2C(=O)c3ccccc3C2=O)[C@@H](OC(C)=O)[C@@H]1OC(C)=O. The van der Waals surface area contributed by atoms with Crippen molar-refractivity contribution in [3.63, 3.8) is 0 Å². The predicted molar refractivity (Wildman–Crippen MR) is 139 cm³/mol. The number of thioether (sulfide) groups is 1. The van der Waals surface area contributed by atoms with E-state index < -0.39 is 59.5 Å². The van der Waals surface area contributed by atoms with Gasteiger partial charge in [-0.25, -0.2) is 0 Å². The molecular formula is C28H29NO9S. The molecule has 2 amide bonds. The lowest BCUT2D eigenvalue weighted by molar-refractivity contribution is -0.216. The molecule has 2 heterocycles. The molecule has 0 bridgehead atoms. The van der Waals surface area contributed by atoms with Crippen molar-refractivity contribution in [2.75, 3.05) is 6.61 Å². The largest absolute Gasteiger partial charge is 0.463 e. The molecule has 10 nitrogen and oxygen atoms in total. The van der Waals surface area contributed by atoms with E-state index >= 15 is 0 Å². The van der Waals surface area contributed by atoms with Crippen LogP contribution < -0.4 is 0 Å². The lowest BCUT2D eigenvalue weighted by Crippen LogP contribution is -2.66. The van der Waals surface area contributed by atoms with Gasteiger partial charge in [-0.1, -0.05) is 42.1 Å². The summed E-state index contributed by atoms with van der Waals surface area (Å²) in [5.74, 6) is -3.20. The molecule has 0 unspecified atom stereocenters. The number of ether oxygens (including phenoxy) is 4. The van der Waals surface area contributed by atoms with Crippen LogP contribution in [-0.4, -0.2) is 71.0 Å². The number of carbonyl (C=O) groups excluding carboxylic acids is 5. The second-order valence-corrected chi connectivity index (χ2v) is 10.5. The van der Waals surface area contributed by atoms with Crippen LogP contribution in [0.25, 0.3) is 0 Å². The molecule has 0 aliphatic carbocycles. The van der Waals surface area contributed by atoms with Crippen molar-refractivity contribution in [2.24, 2.45) is 0 Å². The van der Waals surface area contributed by atoms with E-state index in [1.807, 2.05) is 32.0 Å². The molecule has 2 aliphatic heterocycles. The first kappa shape index (κ1) is 28.3. The third-order valence-corrected chi connectivity index (χ3v) is 7.94. The second kappa shape index (κ2) is 11.6. The Labute approximate surface area is 229 Å². The van der Waals surface area contributed by atoms with E-state index in [-0.39, 0.29) is 17.7 Å². The molecule has 206 valence electrons. The summed E-state index contributed by atoms with van der Waals surface area (Å²) in [6, 6.07) is 10.9. The molecule has 2 aromatic carbocycles. The van der Waals surface area contributed by atoms with Crippen LogP contribution in [0.2, 0.25) is 0 Å². The number of aryl methyl sites for hydroxylation is 2. The van der Waals surface area contributed by atoms with Gasteiger partial charge in [-0.05, 0) is 37.1 Å². The number of amides is 2. The molecule has 0 radical (unpaired) electrons. The zero-order chi connectivity index (χ0) is 28.4. The average Bonchev–Trinajstić information content (AvgIpc) is 3.11. The summed E-state index contributed by atoms with van der Waals surface area (Å²) in [7, 11) is 0. The highest BCUT2D eigenvalue weighted by atomic mass is 32.2. The number of nitrogens with zero attached hydrogens (tertiary/aromatic N) is 1. The van der Waals surface area contributed by atoms with Crippen LogP contribution in [0, 0.1) is 13.8 Å². The van der Waals surface area contributed by atoms with Gasteiger partial charge in [0.25, 0.3) is 11.8 Å². The number of carbonyl (C=O) groups is 5. The summed E-state index contributed by atoms with van der Waals surface area (Å²) >= 11 is 1.24. The van der Waals surface area contributed by atoms with Crippen molar-refractivity contribution in [3.8, 4) is 0 Å². The summed E-state index contributed by atoms with van der Waals surface area (Å²) in [5, 5.41) is 0. The highest BCUT2D eigenvalue weighted by Gasteiger charge is 2.57. The number of hydrogen-bond donors (Lipinski definition) is 0. The van der Waals surface area contributed by atoms with E-state index in [2.05, 4.69) is 0 Å². The van der Waals surface area contributed by atoms with Gasteiger partial charge in [0.2, 0.25) is 0 Å². The number of benzene rings is 2. The van der Waals surface area contributed by atoms with Gasteiger partial charge in [0.1, 0.15) is 24.2 Å². The summed E-state index contributed by atoms with van der Waals surface area (Å²) in [5.41, 5.74) is 1.26. The fraction of sp³-hybridized carbons (Fsp3) is 0.393. The van der Waals surface area contributed by atoms with Crippen LogP contribution >= 0.6 is 11.8 Å². The lowest BCUT2D eigenvalue weighted by atomic mass is 9.96. The molecule has 0 N–H and O–H groups in total. The molecule has 0 aromatic heterocycles. The summed E-state index contributed by atoms with van der Waals surface area (Å²) in [6.45, 7) is 7.08. The van der Waals surface area contributed by atoms with Crippen molar-refractivity contribution in [2.45, 2.75) is 69.3 Å². The van der Waals surface area contributed by atoms with Crippen LogP contribution in [0.15, 0.2) is 47.4 Å². The molecule has 4 rings (SSSR count). The molecule has 1 saturated heterocycles. The van der Waals surface area contributed by atoms with Crippen LogP contribution in [-0.2, 0) is 33.3 Å². The van der Waals surface area contributed by atoms with Gasteiger partial charge in [0, 0.05) is 25.7 Å². The quantitative estimate of drug-likeness (QED) is 0.286. The topological polar surface area (TPSA) is 126 Å². The first-order valence-corrected chi connectivity index (χ1v) is 13.2. The van der Waals surface area contributed by atoms with Crippen molar-refractivity contribution >= 4 is 41.5 Å². The maximum Gasteiger partial charge on any atom is 0.303 e. The second-order valence-electron chi connectivity index (χ2n) is 9.35. The van der Waals surface area contributed by atoms with E-state index in [9.17, 15) is 24.0 Å². The molecule has 39 heavy (non-hydrogen) atoms. The highest BCUT2D eigenvalue weighted by Crippen LogP contribution is 2.42. The smallest absolute Gasteiger partial charge is 0.303 e. The van der Waals surface area contributed by atoms with Crippen LogP contribution in [0.5, 0.6) is 0 Å². The Hall–Kier alpha value is -3.70. The Bertz CT molecular complexity index is 1270. The van der Waals surface area contributed by atoms with E-state index in [0.29, 0.717) is 0 Å². The Balaban J connectivity index is 1.86. The molecule has 0 spiro atoms. The van der Waals surface area contributed by atoms with Gasteiger partial charge >= 0.3 is 17.9 Å². The summed E-state index contributed by atoms with van der Waals surface area (Å²) in [4.78, 5) is 65.2. The first-order valence-electron chi connectivity index (χ1n) is 12.3. The van der Waals surface area contributed by atoms with Crippen LogP contribution in [0.4, 0.5) is 0 Å². The maximum absolute atomic E-state index is 13.6. The van der Waals surface area contributed by atoms with Crippen molar-refractivity contribution in [1.29, 1.82) is 0 Å². The van der Waals surface area contributed by atoms with Crippen molar-refractivity contribution in [3.05, 3.63) is 64.7 Å². The number of hydrogen-bond acceptors (Lipinski definition) is 10. The number of fused-ring (bicyclic) bond motifs is 1. The van der Waals surface area contributed by atoms with Gasteiger partial charge in [0.15, 0.2) is 12.2 Å². The molecule has 1 fully saturated rings. The van der Waals surface area contributed by atoms with E-state index in [4.69, 9.17) is 18.9 Å². The first-order chi connectivity index (χ1) is 18.5. The lowest BCUT2D eigenvalue weighted by Gasteiger charge is -2.47. The molecule has 11 heteroatoms. The zero-order valence-electron chi connectivity index (χ0n) is 22.2. The molecule has 2 aliphatic rings. The Morgan fingerprint density at radius 2 is 1.36 bits per heavy atom. The number of esters is 3. The Morgan fingerprint density at radius 1 is 0.821 bits per heavy atom. The van der Waals surface area contributed by atoms with Crippen LogP contribution in [0.3, 0.4) is 0 Å². The average molecular weight is 556 g/mol. The van der Waals surface area contributed by atoms with Gasteiger partial charge in [-0.15, -0.1) is 0 Å². The Kier molecular flexibility index (Phi) is 8.41. The molecular weight excluding hydrogens is 526 g/mol. The third-order valence-electron chi connectivity index (χ3n) is 6.44.